The second-order valence-corrected chi connectivity index (χ2v) is 10.6. The molecule has 0 aliphatic carbocycles. The minimum Gasteiger partial charge on any atom is -0.388 e. The highest BCUT2D eigenvalue weighted by molar-refractivity contribution is 7.97. The molecule has 2 aromatic rings. The summed E-state index contributed by atoms with van der Waals surface area (Å²) in [4.78, 5) is 0. The third-order valence-corrected chi connectivity index (χ3v) is 7.43. The summed E-state index contributed by atoms with van der Waals surface area (Å²) in [5.41, 5.74) is 0.0407. The van der Waals surface area contributed by atoms with Gasteiger partial charge in [-0.3, -0.25) is 9.31 Å². The van der Waals surface area contributed by atoms with Crippen molar-refractivity contribution in [3.05, 3.63) is 28.7 Å². The van der Waals surface area contributed by atoms with E-state index >= 15 is 0 Å². The van der Waals surface area contributed by atoms with Gasteiger partial charge in [-0.1, -0.05) is 25.4 Å². The van der Waals surface area contributed by atoms with Crippen molar-refractivity contribution in [3.63, 3.8) is 0 Å². The zero-order valence-electron chi connectivity index (χ0n) is 15.3. The van der Waals surface area contributed by atoms with Gasteiger partial charge in [-0.2, -0.15) is 5.10 Å². The maximum absolute atomic E-state index is 14.8. The summed E-state index contributed by atoms with van der Waals surface area (Å²) < 4.78 is 28.8. The Labute approximate surface area is 158 Å². The van der Waals surface area contributed by atoms with Gasteiger partial charge < -0.3 is 5.11 Å². The molecular weight excluding hydrogens is 377 g/mol. The van der Waals surface area contributed by atoms with Crippen molar-refractivity contribution in [1.29, 1.82) is 0 Å². The van der Waals surface area contributed by atoms with Crippen LogP contribution in [0.25, 0.3) is 10.9 Å². The van der Waals surface area contributed by atoms with Crippen LogP contribution in [0, 0.1) is 17.2 Å². The fourth-order valence-corrected chi connectivity index (χ4v) is 5.10. The van der Waals surface area contributed by atoms with Crippen LogP contribution >= 0.6 is 11.6 Å². The van der Waals surface area contributed by atoms with Gasteiger partial charge in [0.05, 0.1) is 22.8 Å². The van der Waals surface area contributed by atoms with Gasteiger partial charge in [0.25, 0.3) is 0 Å². The molecule has 0 amide bonds. The Balaban J connectivity index is 1.91. The summed E-state index contributed by atoms with van der Waals surface area (Å²) in [7, 11) is -2.22. The number of halogens is 2. The lowest BCUT2D eigenvalue weighted by Gasteiger charge is -2.43. The normalized spacial score (nSPS) is 21.0. The van der Waals surface area contributed by atoms with Crippen molar-refractivity contribution in [3.8, 4) is 0 Å². The Kier molecular flexibility index (Phi) is 5.11. The monoisotopic (exact) mass is 401 g/mol. The highest BCUT2D eigenvalue weighted by Crippen LogP contribution is 2.47. The summed E-state index contributed by atoms with van der Waals surface area (Å²) in [5.74, 6) is 3.27. The summed E-state index contributed by atoms with van der Waals surface area (Å²) in [6.45, 7) is 5.18. The lowest BCUT2D eigenvalue weighted by molar-refractivity contribution is -0.0129. The average Bonchev–Trinajstić information content (AvgIpc) is 3.02. The van der Waals surface area contributed by atoms with E-state index < -0.39 is 27.0 Å². The van der Waals surface area contributed by atoms with Crippen LogP contribution < -0.4 is 0 Å². The Morgan fingerprint density at radius 2 is 2.12 bits per heavy atom. The number of nitrogens with one attached hydrogen (secondary N) is 1. The van der Waals surface area contributed by atoms with E-state index in [1.807, 2.05) is 18.2 Å². The molecule has 3 rings (SSSR count). The number of hydrogen-bond acceptors (Lipinski definition) is 3. The quantitative estimate of drug-likeness (QED) is 0.771. The minimum atomic E-state index is -2.22. The third-order valence-electron chi connectivity index (χ3n) is 5.70. The van der Waals surface area contributed by atoms with Crippen molar-refractivity contribution in [2.45, 2.75) is 32.8 Å². The van der Waals surface area contributed by atoms with E-state index in [1.54, 1.807) is 12.5 Å². The molecule has 1 fully saturated rings. The molecule has 0 bridgehead atoms. The standard InChI is InChI=1S/C18H25ClFN3O2S/c1-18(2,12-5-7-23(8-6-12)26(3,4)25)17(24)14-15(20)13(19)9-11-10-21-22-16(11)14/h9-10,12,17,24H,3,5-8H2,1-2,4H3,(H,21,22)/t17-,26?/m1/s1. The van der Waals surface area contributed by atoms with Crippen LogP contribution in [-0.2, 0) is 9.71 Å². The number of aliphatic hydroxyl groups excluding tert-OH is 1. The topological polar surface area (TPSA) is 69.2 Å². The van der Waals surface area contributed by atoms with Gasteiger partial charge in [-0.15, -0.1) is 0 Å². The number of rotatable bonds is 4. The number of hydrogen-bond donors (Lipinski definition) is 2. The number of piperidine rings is 1. The molecule has 144 valence electrons. The molecule has 2 atom stereocenters. The number of aromatic amines is 1. The van der Waals surface area contributed by atoms with E-state index in [0.717, 1.165) is 12.8 Å². The molecule has 1 aromatic heterocycles. The number of H-pyrrole nitrogens is 1. The van der Waals surface area contributed by atoms with E-state index in [9.17, 15) is 13.7 Å². The molecule has 26 heavy (non-hydrogen) atoms. The van der Waals surface area contributed by atoms with Gasteiger partial charge in [-0.05, 0) is 36.1 Å². The SMILES string of the molecule is C=S(C)(=O)N1CCC(C(C)(C)[C@H](O)c2c(F)c(Cl)cc3cn[nH]c23)CC1. The lowest BCUT2D eigenvalue weighted by atomic mass is 9.68. The fraction of sp³-hybridized carbons (Fsp3) is 0.556. The van der Waals surface area contributed by atoms with E-state index in [4.69, 9.17) is 11.6 Å². The van der Waals surface area contributed by atoms with Gasteiger partial charge in [0, 0.05) is 40.0 Å². The van der Waals surface area contributed by atoms with Crippen LogP contribution in [0.5, 0.6) is 0 Å². The average molecular weight is 402 g/mol. The van der Waals surface area contributed by atoms with E-state index in [0.29, 0.717) is 24.0 Å². The largest absolute Gasteiger partial charge is 0.388 e. The maximum Gasteiger partial charge on any atom is 0.149 e. The summed E-state index contributed by atoms with van der Waals surface area (Å²) in [5, 5.41) is 18.5. The van der Waals surface area contributed by atoms with Crippen LogP contribution in [0.1, 0.15) is 38.4 Å². The van der Waals surface area contributed by atoms with Crippen molar-refractivity contribution in [2.75, 3.05) is 19.3 Å². The first-order valence-corrected chi connectivity index (χ1v) is 11.1. The van der Waals surface area contributed by atoms with Crippen molar-refractivity contribution in [2.24, 2.45) is 11.3 Å². The van der Waals surface area contributed by atoms with Gasteiger partial charge >= 0.3 is 0 Å². The van der Waals surface area contributed by atoms with Gasteiger partial charge in [0.15, 0.2) is 0 Å². The van der Waals surface area contributed by atoms with Gasteiger partial charge in [-0.25, -0.2) is 8.70 Å². The van der Waals surface area contributed by atoms with Crippen LogP contribution in [-0.4, -0.2) is 49.0 Å². The van der Waals surface area contributed by atoms with Crippen molar-refractivity contribution >= 4 is 38.1 Å². The lowest BCUT2D eigenvalue weighted by Crippen LogP contribution is -2.43. The van der Waals surface area contributed by atoms with Crippen LogP contribution in [0.2, 0.25) is 5.02 Å². The predicted molar refractivity (Wildman–Crippen MR) is 105 cm³/mol. The molecule has 0 saturated carbocycles. The van der Waals surface area contributed by atoms with Crippen molar-refractivity contribution < 1.29 is 13.7 Å². The molecule has 0 spiro atoms. The van der Waals surface area contributed by atoms with E-state index in [-0.39, 0.29) is 16.5 Å². The van der Waals surface area contributed by atoms with E-state index in [1.165, 1.54) is 6.07 Å². The number of benzene rings is 1. The third kappa shape index (κ3) is 3.38. The molecular formula is C18H25ClFN3O2S. The fourth-order valence-electron chi connectivity index (χ4n) is 3.90. The Morgan fingerprint density at radius 1 is 1.50 bits per heavy atom. The predicted octanol–water partition coefficient (Wildman–Crippen LogP) is 3.39. The second kappa shape index (κ2) is 6.78. The maximum atomic E-state index is 14.8. The molecule has 1 saturated heterocycles. The summed E-state index contributed by atoms with van der Waals surface area (Å²) in [6, 6.07) is 1.50. The summed E-state index contributed by atoms with van der Waals surface area (Å²) >= 11 is 6.03. The zero-order valence-corrected chi connectivity index (χ0v) is 16.8. The highest BCUT2D eigenvalue weighted by Gasteiger charge is 2.41. The Morgan fingerprint density at radius 3 is 2.69 bits per heavy atom. The van der Waals surface area contributed by atoms with Crippen molar-refractivity contribution in [1.82, 2.24) is 14.5 Å². The Bertz CT molecular complexity index is 918. The highest BCUT2D eigenvalue weighted by atomic mass is 35.5. The first kappa shape index (κ1) is 19.6. The molecule has 1 aliphatic rings. The minimum absolute atomic E-state index is 0.0265. The molecule has 1 aromatic carbocycles. The number of aromatic nitrogens is 2. The molecule has 1 aliphatic heterocycles. The molecule has 1 unspecified atom stereocenters. The molecule has 8 heteroatoms. The first-order valence-electron chi connectivity index (χ1n) is 8.60. The zero-order chi connectivity index (χ0) is 19.3. The first-order chi connectivity index (χ1) is 12.0. The van der Waals surface area contributed by atoms with Crippen LogP contribution in [0.4, 0.5) is 4.39 Å². The molecule has 2 heterocycles. The van der Waals surface area contributed by atoms with Gasteiger partial charge in [0.1, 0.15) is 5.82 Å². The number of aliphatic hydroxyl groups is 1. The molecule has 0 radical (unpaired) electrons. The van der Waals surface area contributed by atoms with Crippen LogP contribution in [0.15, 0.2) is 12.3 Å². The Hall–Kier alpha value is -1.15. The van der Waals surface area contributed by atoms with Gasteiger partial charge in [0.2, 0.25) is 0 Å². The number of nitrogens with zero attached hydrogens (tertiary/aromatic N) is 2. The molecule has 5 nitrogen and oxygen atoms in total. The summed E-state index contributed by atoms with van der Waals surface area (Å²) in [6.07, 6.45) is 3.68. The molecule has 2 N–H and O–H groups in total. The smallest absolute Gasteiger partial charge is 0.149 e. The van der Waals surface area contributed by atoms with Crippen LogP contribution in [0.3, 0.4) is 0 Å². The second-order valence-electron chi connectivity index (χ2n) is 7.81. The number of fused-ring (bicyclic) bond motifs is 1. The van der Waals surface area contributed by atoms with E-state index in [2.05, 4.69) is 16.1 Å².